The monoisotopic (exact) mass is 301 g/mol. The van der Waals surface area contributed by atoms with Crippen LogP contribution in [0.1, 0.15) is 21.0 Å². The summed E-state index contributed by atoms with van der Waals surface area (Å²) in [5.74, 6) is -0.599. The largest absolute Gasteiger partial charge is 1.00 e. The molecule has 1 aromatic rings. The number of hydrogen-bond acceptors (Lipinski definition) is 5. The van der Waals surface area contributed by atoms with Crippen molar-refractivity contribution in [1.29, 1.82) is 0 Å². The first-order chi connectivity index (χ1) is 7.69. The fourth-order valence-electron chi connectivity index (χ4n) is 1.000. The van der Waals surface area contributed by atoms with Gasteiger partial charge in [-0.2, -0.15) is 0 Å². The zero-order valence-electron chi connectivity index (χ0n) is 10.2. The third kappa shape index (κ3) is 6.81. The zero-order chi connectivity index (χ0) is 12.0. The summed E-state index contributed by atoms with van der Waals surface area (Å²) >= 11 is 9.20. The van der Waals surface area contributed by atoms with Crippen LogP contribution in [0, 0.1) is 0 Å². The van der Waals surface area contributed by atoms with Crippen molar-refractivity contribution < 1.29 is 68.7 Å². The topological polar surface area (TPSA) is 71.1 Å². The van der Waals surface area contributed by atoms with E-state index < -0.39 is 11.8 Å². The molecule has 9 heteroatoms. The molecule has 1 rings (SSSR count). The molecule has 0 aliphatic rings. The Labute approximate surface area is 161 Å². The molecule has 0 bridgehead atoms. The maximum absolute atomic E-state index is 11.4. The summed E-state index contributed by atoms with van der Waals surface area (Å²) in [7, 11) is 0. The van der Waals surface area contributed by atoms with E-state index in [1.165, 1.54) is 12.1 Å². The Hall–Kier alpha value is 0.790. The van der Waals surface area contributed by atoms with Crippen LogP contribution in [0.2, 0.25) is 0 Å². The summed E-state index contributed by atoms with van der Waals surface area (Å²) in [6.45, 7) is 0. The molecule has 0 spiro atoms. The molecule has 0 aliphatic heterocycles. The Morgan fingerprint density at radius 1 is 1.00 bits per heavy atom. The van der Waals surface area contributed by atoms with Gasteiger partial charge in [-0.15, -0.1) is 11.8 Å². The molecule has 0 saturated carbocycles. The minimum atomic E-state index is -0.400. The fourth-order valence-corrected chi connectivity index (χ4v) is 1.26. The molecule has 0 unspecified atom stereocenters. The molecule has 0 aliphatic carbocycles. The van der Waals surface area contributed by atoms with Gasteiger partial charge < -0.3 is 35.9 Å². The first-order valence-corrected chi connectivity index (χ1v) is 5.54. The molecular weight excluding hydrogens is 292 g/mol. The van der Waals surface area contributed by atoms with Gasteiger partial charge in [-0.05, 0) is 12.1 Å². The summed E-state index contributed by atoms with van der Waals surface area (Å²) in [6.07, 6.45) is 0. The number of rotatable bonds is 4. The van der Waals surface area contributed by atoms with Gasteiger partial charge in [0.2, 0.25) is 0 Å². The second-order valence-corrected chi connectivity index (χ2v) is 3.29. The molecule has 2 amide bonds. The molecule has 5 nitrogen and oxygen atoms in total. The summed E-state index contributed by atoms with van der Waals surface area (Å²) in [5, 5.41) is 4.84. The van der Waals surface area contributed by atoms with Gasteiger partial charge in [0.1, 0.15) is 11.4 Å². The van der Waals surface area contributed by atoms with E-state index in [2.05, 4.69) is 40.9 Å². The predicted octanol–water partition coefficient (Wildman–Crippen LogP) is -6.44. The average molecular weight is 301 g/mol. The normalized spacial score (nSPS) is 8.56. The molecule has 18 heavy (non-hydrogen) atoms. The van der Waals surface area contributed by atoms with E-state index in [0.29, 0.717) is 0 Å². The average Bonchev–Trinajstić information content (AvgIpc) is 2.30. The van der Waals surface area contributed by atoms with E-state index in [4.69, 9.17) is 0 Å². The first kappa shape index (κ1) is 21.1. The number of aromatic nitrogens is 1. The van der Waals surface area contributed by atoms with Crippen LogP contribution in [0.5, 0.6) is 0 Å². The van der Waals surface area contributed by atoms with E-state index in [0.717, 1.165) is 0 Å². The minimum Gasteiger partial charge on any atom is -0.772 e. The SMILES string of the molecule is O=C(NC[S-])c1cccc(C(=O)NC[S-])n1.[Na+].[Na+]. The summed E-state index contributed by atoms with van der Waals surface area (Å²) in [6, 6.07) is 4.58. The van der Waals surface area contributed by atoms with Gasteiger partial charge in [0.05, 0.1) is 0 Å². The van der Waals surface area contributed by atoms with Gasteiger partial charge in [0.15, 0.2) is 0 Å². The number of hydrogen-bond donors (Lipinski definition) is 2. The Bertz CT molecular complexity index is 374. The van der Waals surface area contributed by atoms with Gasteiger partial charge >= 0.3 is 59.1 Å². The van der Waals surface area contributed by atoms with Gasteiger partial charge in [-0.25, -0.2) is 4.98 Å². The van der Waals surface area contributed by atoms with Crippen LogP contribution in [0.15, 0.2) is 18.2 Å². The molecular formula is C9H9N3Na2O2S2. The van der Waals surface area contributed by atoms with Crippen molar-refractivity contribution in [2.24, 2.45) is 0 Å². The second-order valence-electron chi connectivity index (χ2n) is 2.71. The molecule has 0 aromatic carbocycles. The summed E-state index contributed by atoms with van der Waals surface area (Å²) in [5.41, 5.74) is 0.309. The Kier molecular flexibility index (Phi) is 13.6. The van der Waals surface area contributed by atoms with Crippen LogP contribution in [0.4, 0.5) is 0 Å². The molecule has 86 valence electrons. The van der Waals surface area contributed by atoms with Gasteiger partial charge in [-0.1, -0.05) is 6.07 Å². The molecule has 1 aromatic heterocycles. The van der Waals surface area contributed by atoms with Crippen molar-refractivity contribution in [2.45, 2.75) is 0 Å². The predicted molar refractivity (Wildman–Crippen MR) is 63.6 cm³/mol. The van der Waals surface area contributed by atoms with E-state index in [1.54, 1.807) is 6.07 Å². The van der Waals surface area contributed by atoms with E-state index >= 15 is 0 Å². The van der Waals surface area contributed by atoms with Crippen LogP contribution in [-0.2, 0) is 25.3 Å². The van der Waals surface area contributed by atoms with Crippen molar-refractivity contribution in [3.8, 4) is 0 Å². The van der Waals surface area contributed by atoms with Crippen molar-refractivity contribution in [3.63, 3.8) is 0 Å². The van der Waals surface area contributed by atoms with Gasteiger partial charge in [0, 0.05) is 0 Å². The number of amides is 2. The summed E-state index contributed by atoms with van der Waals surface area (Å²) in [4.78, 5) is 26.7. The standard InChI is InChI=1S/C9H11N3O2S2.2Na/c13-8(10-4-15)6-2-1-3-7(12-6)9(14)11-5-16;;/h1-3,15-16H,4-5H2,(H,10,13)(H,11,14);;/q;2*+1/p-2. The third-order valence-corrected chi connectivity index (χ3v) is 1.97. The maximum Gasteiger partial charge on any atom is 1.00 e. The summed E-state index contributed by atoms with van der Waals surface area (Å²) < 4.78 is 0. The van der Waals surface area contributed by atoms with Crippen LogP contribution >= 0.6 is 0 Å². The minimum absolute atomic E-state index is 0. The molecule has 0 saturated heterocycles. The molecule has 0 radical (unpaired) electrons. The number of nitrogens with one attached hydrogen (secondary N) is 2. The Balaban J connectivity index is 0. The van der Waals surface area contributed by atoms with E-state index in [9.17, 15) is 9.59 Å². The smallest absolute Gasteiger partial charge is 0.772 e. The maximum atomic E-state index is 11.4. The molecule has 0 atom stereocenters. The van der Waals surface area contributed by atoms with Crippen molar-refractivity contribution >= 4 is 37.1 Å². The fraction of sp³-hybridized carbons (Fsp3) is 0.222. The quantitative estimate of drug-likeness (QED) is 0.428. The first-order valence-electron chi connectivity index (χ1n) is 4.38. The van der Waals surface area contributed by atoms with Crippen molar-refractivity contribution in [3.05, 3.63) is 29.6 Å². The number of pyridine rings is 1. The van der Waals surface area contributed by atoms with Gasteiger partial charge in [0.25, 0.3) is 11.8 Å². The Morgan fingerprint density at radius 3 is 1.72 bits per heavy atom. The van der Waals surface area contributed by atoms with Gasteiger partial charge in [-0.3, -0.25) is 9.59 Å². The molecule has 2 N–H and O–H groups in total. The Morgan fingerprint density at radius 2 is 1.39 bits per heavy atom. The molecule has 0 fully saturated rings. The van der Waals surface area contributed by atoms with Crippen LogP contribution in [-0.4, -0.2) is 28.6 Å². The third-order valence-electron chi connectivity index (χ3n) is 1.68. The molecule has 1 heterocycles. The number of carbonyl (C=O) groups is 2. The van der Waals surface area contributed by atoms with Crippen LogP contribution < -0.4 is 69.7 Å². The zero-order valence-corrected chi connectivity index (χ0v) is 15.9. The van der Waals surface area contributed by atoms with E-state index in [1.807, 2.05) is 0 Å². The van der Waals surface area contributed by atoms with Crippen LogP contribution in [0.3, 0.4) is 0 Å². The van der Waals surface area contributed by atoms with Crippen molar-refractivity contribution in [2.75, 3.05) is 11.8 Å². The van der Waals surface area contributed by atoms with E-state index in [-0.39, 0.29) is 82.3 Å². The van der Waals surface area contributed by atoms with Crippen LogP contribution in [0.25, 0.3) is 0 Å². The van der Waals surface area contributed by atoms with Crippen molar-refractivity contribution in [1.82, 2.24) is 15.6 Å². The number of carbonyl (C=O) groups excluding carboxylic acids is 2. The second kappa shape index (κ2) is 11.6. The number of nitrogens with zero attached hydrogens (tertiary/aromatic N) is 1.